The monoisotopic (exact) mass is 408 g/mol. The standard InChI is InChI=1S/C22H17ClN2O2S/c23-19-10-4-2-7-16(19)12-17-13-24-22(28-17)25-21(26)14-27-20-11-5-8-15-6-1-3-9-18(15)20/h1-11,13H,12,14H2,(H,24,25,26). The van der Waals surface area contributed by atoms with Gasteiger partial charge in [0.15, 0.2) is 11.7 Å². The van der Waals surface area contributed by atoms with Crippen LogP contribution in [-0.4, -0.2) is 17.5 Å². The molecule has 4 rings (SSSR count). The maximum Gasteiger partial charge on any atom is 0.264 e. The van der Waals surface area contributed by atoms with Crippen LogP contribution >= 0.6 is 22.9 Å². The van der Waals surface area contributed by atoms with Crippen LogP contribution in [0.1, 0.15) is 10.4 Å². The summed E-state index contributed by atoms with van der Waals surface area (Å²) in [5, 5.41) is 6.12. The van der Waals surface area contributed by atoms with E-state index in [-0.39, 0.29) is 12.5 Å². The van der Waals surface area contributed by atoms with Crippen LogP contribution in [0.4, 0.5) is 5.13 Å². The van der Waals surface area contributed by atoms with Crippen molar-refractivity contribution in [1.82, 2.24) is 4.98 Å². The van der Waals surface area contributed by atoms with Crippen molar-refractivity contribution in [2.24, 2.45) is 0 Å². The van der Waals surface area contributed by atoms with Gasteiger partial charge in [-0.3, -0.25) is 10.1 Å². The smallest absolute Gasteiger partial charge is 0.264 e. The molecule has 4 aromatic rings. The molecule has 1 N–H and O–H groups in total. The Morgan fingerprint density at radius 2 is 1.82 bits per heavy atom. The Labute approximate surface area is 171 Å². The number of fused-ring (bicyclic) bond motifs is 1. The molecule has 0 atom stereocenters. The van der Waals surface area contributed by atoms with Crippen molar-refractivity contribution in [3.63, 3.8) is 0 Å². The second kappa shape index (κ2) is 8.42. The van der Waals surface area contributed by atoms with E-state index in [9.17, 15) is 4.79 Å². The number of hydrogen-bond acceptors (Lipinski definition) is 4. The number of rotatable bonds is 6. The molecule has 6 heteroatoms. The number of hydrogen-bond donors (Lipinski definition) is 1. The number of amides is 1. The zero-order chi connectivity index (χ0) is 19.3. The molecule has 1 heterocycles. The maximum atomic E-state index is 12.3. The molecule has 0 unspecified atom stereocenters. The van der Waals surface area contributed by atoms with Crippen molar-refractivity contribution < 1.29 is 9.53 Å². The van der Waals surface area contributed by atoms with Crippen LogP contribution in [0.2, 0.25) is 5.02 Å². The predicted molar refractivity (Wildman–Crippen MR) is 114 cm³/mol. The lowest BCUT2D eigenvalue weighted by atomic mass is 10.1. The third-order valence-corrected chi connectivity index (χ3v) is 5.51. The molecule has 4 nitrogen and oxygen atoms in total. The number of benzene rings is 3. The van der Waals surface area contributed by atoms with Gasteiger partial charge in [0.25, 0.3) is 5.91 Å². The molecule has 0 saturated carbocycles. The lowest BCUT2D eigenvalue weighted by molar-refractivity contribution is -0.118. The van der Waals surface area contributed by atoms with E-state index < -0.39 is 0 Å². The van der Waals surface area contributed by atoms with E-state index >= 15 is 0 Å². The highest BCUT2D eigenvalue weighted by atomic mass is 35.5. The summed E-state index contributed by atoms with van der Waals surface area (Å²) in [5.41, 5.74) is 1.03. The first-order valence-electron chi connectivity index (χ1n) is 8.77. The molecular formula is C22H17ClN2O2S. The molecule has 0 radical (unpaired) electrons. The molecule has 0 aliphatic rings. The molecular weight excluding hydrogens is 392 g/mol. The summed E-state index contributed by atoms with van der Waals surface area (Å²) in [6.07, 6.45) is 2.44. The van der Waals surface area contributed by atoms with Gasteiger partial charge in [0.1, 0.15) is 5.75 Å². The summed E-state index contributed by atoms with van der Waals surface area (Å²) < 4.78 is 5.72. The Morgan fingerprint density at radius 1 is 1.04 bits per heavy atom. The Morgan fingerprint density at radius 3 is 2.71 bits per heavy atom. The van der Waals surface area contributed by atoms with Crippen LogP contribution in [0.25, 0.3) is 10.8 Å². The molecule has 1 amide bonds. The number of ether oxygens (including phenoxy) is 1. The SMILES string of the molecule is O=C(COc1cccc2ccccc12)Nc1ncc(Cc2ccccc2Cl)s1. The van der Waals surface area contributed by atoms with Crippen molar-refractivity contribution in [1.29, 1.82) is 0 Å². The van der Waals surface area contributed by atoms with E-state index in [0.29, 0.717) is 17.3 Å². The van der Waals surface area contributed by atoms with Gasteiger partial charge in [-0.2, -0.15) is 0 Å². The number of halogens is 1. The van der Waals surface area contributed by atoms with Crippen molar-refractivity contribution in [2.45, 2.75) is 6.42 Å². The number of carbonyl (C=O) groups is 1. The normalized spacial score (nSPS) is 10.8. The van der Waals surface area contributed by atoms with E-state index in [4.69, 9.17) is 16.3 Å². The number of carbonyl (C=O) groups excluding carboxylic acids is 1. The van der Waals surface area contributed by atoms with E-state index in [2.05, 4.69) is 10.3 Å². The minimum atomic E-state index is -0.244. The van der Waals surface area contributed by atoms with Crippen LogP contribution in [0.5, 0.6) is 5.75 Å². The molecule has 28 heavy (non-hydrogen) atoms. The van der Waals surface area contributed by atoms with Gasteiger partial charge < -0.3 is 4.74 Å². The van der Waals surface area contributed by atoms with E-state index in [1.165, 1.54) is 11.3 Å². The van der Waals surface area contributed by atoms with Gasteiger partial charge in [-0.05, 0) is 23.1 Å². The second-order valence-corrected chi connectivity index (χ2v) is 7.74. The minimum Gasteiger partial charge on any atom is -0.483 e. The summed E-state index contributed by atoms with van der Waals surface area (Å²) in [4.78, 5) is 17.6. The molecule has 0 spiro atoms. The van der Waals surface area contributed by atoms with Crippen molar-refractivity contribution in [3.8, 4) is 5.75 Å². The molecule has 1 aromatic heterocycles. The highest BCUT2D eigenvalue weighted by Gasteiger charge is 2.10. The van der Waals surface area contributed by atoms with Crippen molar-refractivity contribution in [2.75, 3.05) is 11.9 Å². The van der Waals surface area contributed by atoms with E-state index in [0.717, 1.165) is 26.2 Å². The van der Waals surface area contributed by atoms with Crippen molar-refractivity contribution >= 4 is 44.7 Å². The number of nitrogens with zero attached hydrogens (tertiary/aromatic N) is 1. The summed E-state index contributed by atoms with van der Waals surface area (Å²) in [7, 11) is 0. The summed E-state index contributed by atoms with van der Waals surface area (Å²) >= 11 is 7.64. The first-order chi connectivity index (χ1) is 13.7. The van der Waals surface area contributed by atoms with E-state index in [1.807, 2.05) is 66.7 Å². The highest BCUT2D eigenvalue weighted by Crippen LogP contribution is 2.26. The predicted octanol–water partition coefficient (Wildman–Crippen LogP) is 5.56. The van der Waals surface area contributed by atoms with Gasteiger partial charge in [0, 0.05) is 27.9 Å². The average molecular weight is 409 g/mol. The number of aromatic nitrogens is 1. The largest absolute Gasteiger partial charge is 0.483 e. The number of anilines is 1. The highest BCUT2D eigenvalue weighted by molar-refractivity contribution is 7.15. The molecule has 0 aliphatic carbocycles. The van der Waals surface area contributed by atoms with Gasteiger partial charge in [-0.1, -0.05) is 66.2 Å². The molecule has 3 aromatic carbocycles. The zero-order valence-corrected chi connectivity index (χ0v) is 16.5. The fraction of sp³-hybridized carbons (Fsp3) is 0.0909. The maximum absolute atomic E-state index is 12.3. The topological polar surface area (TPSA) is 51.2 Å². The van der Waals surface area contributed by atoms with Crippen LogP contribution in [0.15, 0.2) is 72.9 Å². The molecule has 0 saturated heterocycles. The first kappa shape index (κ1) is 18.5. The van der Waals surface area contributed by atoms with Crippen LogP contribution in [0.3, 0.4) is 0 Å². The molecule has 0 fully saturated rings. The zero-order valence-electron chi connectivity index (χ0n) is 14.9. The van der Waals surface area contributed by atoms with Crippen LogP contribution < -0.4 is 10.1 Å². The van der Waals surface area contributed by atoms with Gasteiger partial charge >= 0.3 is 0 Å². The minimum absolute atomic E-state index is 0.0760. The van der Waals surface area contributed by atoms with E-state index in [1.54, 1.807) is 6.20 Å². The van der Waals surface area contributed by atoms with Crippen LogP contribution in [-0.2, 0) is 11.2 Å². The average Bonchev–Trinajstić information content (AvgIpc) is 3.15. The Hall–Kier alpha value is -2.89. The van der Waals surface area contributed by atoms with Gasteiger partial charge in [-0.15, -0.1) is 11.3 Å². The molecule has 140 valence electrons. The second-order valence-electron chi connectivity index (χ2n) is 6.21. The first-order valence-corrected chi connectivity index (χ1v) is 9.97. The van der Waals surface area contributed by atoms with Gasteiger partial charge in [-0.25, -0.2) is 4.98 Å². The van der Waals surface area contributed by atoms with Crippen molar-refractivity contribution in [3.05, 3.63) is 88.4 Å². The lowest BCUT2D eigenvalue weighted by Crippen LogP contribution is -2.20. The van der Waals surface area contributed by atoms with Gasteiger partial charge in [0.2, 0.25) is 0 Å². The summed E-state index contributed by atoms with van der Waals surface area (Å²) in [5.74, 6) is 0.443. The fourth-order valence-electron chi connectivity index (χ4n) is 2.90. The summed E-state index contributed by atoms with van der Waals surface area (Å²) in [6.45, 7) is -0.0760. The van der Waals surface area contributed by atoms with Crippen LogP contribution in [0, 0.1) is 0 Å². The third-order valence-electron chi connectivity index (χ3n) is 4.23. The Kier molecular flexibility index (Phi) is 5.55. The number of thiazole rings is 1. The Balaban J connectivity index is 1.37. The number of nitrogens with one attached hydrogen (secondary N) is 1. The van der Waals surface area contributed by atoms with Gasteiger partial charge in [0.05, 0.1) is 0 Å². The molecule has 0 aliphatic heterocycles. The summed E-state index contributed by atoms with van der Waals surface area (Å²) in [6, 6.07) is 21.4. The fourth-order valence-corrected chi connectivity index (χ4v) is 3.95. The lowest BCUT2D eigenvalue weighted by Gasteiger charge is -2.08. The quantitative estimate of drug-likeness (QED) is 0.454. The molecule has 0 bridgehead atoms. The third kappa shape index (κ3) is 4.32. The Bertz CT molecular complexity index is 1120.